The summed E-state index contributed by atoms with van der Waals surface area (Å²) in [6.45, 7) is 3.77. The van der Waals surface area contributed by atoms with Crippen molar-refractivity contribution in [2.45, 2.75) is 12.8 Å². The zero-order chi connectivity index (χ0) is 13.5. The molecule has 3 nitrogen and oxygen atoms in total. The van der Waals surface area contributed by atoms with Crippen molar-refractivity contribution in [2.75, 3.05) is 0 Å². The number of benzene rings is 1. The molecule has 0 radical (unpaired) electrons. The number of carbonyl (C=O) groups is 1. The Bertz CT molecular complexity index is 517. The first kappa shape index (κ1) is 13.5. The van der Waals surface area contributed by atoms with Crippen LogP contribution in [0.4, 0.5) is 0 Å². The topological polar surface area (TPSA) is 35.5 Å². The maximum absolute atomic E-state index is 11.6. The Balaban J connectivity index is 1.78. The summed E-state index contributed by atoms with van der Waals surface area (Å²) in [6, 6.07) is 9.43. The predicted molar refractivity (Wildman–Crippen MR) is 76.7 cm³/mol. The Morgan fingerprint density at radius 2 is 1.95 bits per heavy atom. The lowest BCUT2D eigenvalue weighted by Gasteiger charge is -2.07. The molecular formula is C15H14O3S. The minimum absolute atomic E-state index is 0.401. The van der Waals surface area contributed by atoms with E-state index in [0.717, 1.165) is 18.4 Å². The molecule has 0 atom stereocenters. The van der Waals surface area contributed by atoms with Gasteiger partial charge in [0.2, 0.25) is 0 Å². The Morgan fingerprint density at radius 3 is 2.63 bits per heavy atom. The monoisotopic (exact) mass is 274 g/mol. The fraction of sp³-hybridized carbons (Fsp3) is 0.133. The van der Waals surface area contributed by atoms with Crippen LogP contribution in [0.5, 0.6) is 0 Å². The van der Waals surface area contributed by atoms with Crippen LogP contribution in [0.1, 0.15) is 18.4 Å². The lowest BCUT2D eigenvalue weighted by molar-refractivity contribution is -0.128. The molecule has 1 aliphatic rings. The van der Waals surface area contributed by atoms with E-state index in [1.165, 1.54) is 0 Å². The van der Waals surface area contributed by atoms with E-state index in [9.17, 15) is 4.79 Å². The first-order chi connectivity index (χ1) is 9.27. The third kappa shape index (κ3) is 4.03. The summed E-state index contributed by atoms with van der Waals surface area (Å²) in [5.41, 5.74) is 1.41. The van der Waals surface area contributed by atoms with Crippen molar-refractivity contribution in [2.24, 2.45) is 0 Å². The Morgan fingerprint density at radius 1 is 1.16 bits per heavy atom. The van der Waals surface area contributed by atoms with E-state index in [1.54, 1.807) is 6.08 Å². The second-order valence-electron chi connectivity index (χ2n) is 3.95. The van der Waals surface area contributed by atoms with Gasteiger partial charge in [-0.2, -0.15) is 0 Å². The van der Waals surface area contributed by atoms with Crippen molar-refractivity contribution in [3.63, 3.8) is 0 Å². The van der Waals surface area contributed by atoms with Crippen LogP contribution >= 0.6 is 12.3 Å². The summed E-state index contributed by atoms with van der Waals surface area (Å²) in [5.74, 6) is 0.0494. The smallest absolute Gasteiger partial charge is 0.352 e. The molecule has 19 heavy (non-hydrogen) atoms. The van der Waals surface area contributed by atoms with Crippen LogP contribution in [0.25, 0.3) is 5.76 Å². The lowest BCUT2D eigenvalue weighted by atomic mass is 10.1. The molecule has 0 bridgehead atoms. The number of rotatable bonds is 5. The molecule has 0 aromatic heterocycles. The highest BCUT2D eigenvalue weighted by atomic mass is 32.2. The van der Waals surface area contributed by atoms with Gasteiger partial charge in [0.15, 0.2) is 0 Å². The Hall–Kier alpha value is -1.94. The van der Waals surface area contributed by atoms with E-state index in [0.29, 0.717) is 23.7 Å². The summed E-state index contributed by atoms with van der Waals surface area (Å²) in [4.78, 5) is 11.6. The molecule has 4 heteroatoms. The maximum Gasteiger partial charge on any atom is 0.352 e. The van der Waals surface area contributed by atoms with Crippen molar-refractivity contribution in [3.8, 4) is 0 Å². The second-order valence-corrected chi connectivity index (χ2v) is 4.42. The summed E-state index contributed by atoms with van der Waals surface area (Å²) in [6.07, 6.45) is 7.40. The molecule has 1 aromatic carbocycles. The van der Waals surface area contributed by atoms with Gasteiger partial charge >= 0.3 is 5.97 Å². The van der Waals surface area contributed by atoms with Crippen LogP contribution < -0.4 is 0 Å². The van der Waals surface area contributed by atoms with Crippen molar-refractivity contribution in [3.05, 3.63) is 66.3 Å². The summed E-state index contributed by atoms with van der Waals surface area (Å²) in [7, 11) is 0. The van der Waals surface area contributed by atoms with Crippen molar-refractivity contribution in [1.29, 1.82) is 0 Å². The molecule has 0 amide bonds. The zero-order valence-electron chi connectivity index (χ0n) is 10.4. The Kier molecular flexibility index (Phi) is 4.86. The third-order valence-corrected chi connectivity index (χ3v) is 3.06. The van der Waals surface area contributed by atoms with Crippen LogP contribution in [0.2, 0.25) is 0 Å². The molecule has 0 fully saturated rings. The van der Waals surface area contributed by atoms with Crippen molar-refractivity contribution in [1.82, 2.24) is 0 Å². The molecule has 2 rings (SSSR count). The van der Waals surface area contributed by atoms with Gasteiger partial charge in [0.1, 0.15) is 5.76 Å². The fourth-order valence-corrected chi connectivity index (χ4v) is 1.94. The predicted octanol–water partition coefficient (Wildman–Crippen LogP) is 4.06. The van der Waals surface area contributed by atoms with E-state index in [2.05, 4.69) is 6.58 Å². The van der Waals surface area contributed by atoms with Gasteiger partial charge in [-0.3, -0.25) is 0 Å². The molecule has 0 saturated carbocycles. The lowest BCUT2D eigenvalue weighted by Crippen LogP contribution is -2.03. The average Bonchev–Trinajstić information content (AvgIpc) is 2.49. The van der Waals surface area contributed by atoms with Crippen molar-refractivity contribution < 1.29 is 13.2 Å². The molecule has 0 saturated heterocycles. The zero-order valence-corrected chi connectivity index (χ0v) is 11.2. The average molecular weight is 274 g/mol. The molecule has 1 aromatic rings. The number of allylic oxidation sites excluding steroid dienone is 2. The minimum Gasteiger partial charge on any atom is -0.391 e. The van der Waals surface area contributed by atoms with Crippen LogP contribution in [-0.4, -0.2) is 5.97 Å². The molecule has 0 unspecified atom stereocenters. The molecule has 0 spiro atoms. The minimum atomic E-state index is -0.401. The second kappa shape index (κ2) is 6.85. The third-order valence-electron chi connectivity index (χ3n) is 2.57. The van der Waals surface area contributed by atoms with Crippen LogP contribution in [0, 0.1) is 0 Å². The SMILES string of the molecule is C=C(OSOC(=O)C1=CCCC=C1)c1ccccc1. The van der Waals surface area contributed by atoms with Crippen LogP contribution in [0.3, 0.4) is 0 Å². The van der Waals surface area contributed by atoms with E-state index in [4.69, 9.17) is 8.37 Å². The van der Waals surface area contributed by atoms with E-state index in [-0.39, 0.29) is 0 Å². The molecule has 0 N–H and O–H groups in total. The van der Waals surface area contributed by atoms with Crippen LogP contribution in [-0.2, 0) is 13.2 Å². The van der Waals surface area contributed by atoms with Gasteiger partial charge in [-0.05, 0) is 12.8 Å². The Labute approximate surface area is 117 Å². The van der Waals surface area contributed by atoms with E-state index >= 15 is 0 Å². The van der Waals surface area contributed by atoms with Gasteiger partial charge in [-0.1, -0.05) is 55.1 Å². The highest BCUT2D eigenvalue weighted by molar-refractivity contribution is 7.90. The van der Waals surface area contributed by atoms with E-state index in [1.807, 2.05) is 42.5 Å². The van der Waals surface area contributed by atoms with E-state index < -0.39 is 5.97 Å². The maximum atomic E-state index is 11.6. The quantitative estimate of drug-likeness (QED) is 0.599. The molecule has 0 aliphatic heterocycles. The highest BCUT2D eigenvalue weighted by Crippen LogP contribution is 2.22. The molecule has 98 valence electrons. The molecule has 1 aliphatic carbocycles. The van der Waals surface area contributed by atoms with Gasteiger partial charge in [-0.15, -0.1) is 0 Å². The first-order valence-corrected chi connectivity index (χ1v) is 6.60. The summed E-state index contributed by atoms with van der Waals surface area (Å²) < 4.78 is 10.2. The highest BCUT2D eigenvalue weighted by Gasteiger charge is 2.11. The van der Waals surface area contributed by atoms with Gasteiger partial charge in [0.25, 0.3) is 12.3 Å². The standard InChI is InChI=1S/C15H14O3S/c1-12(13-8-4-2-5-9-13)17-19-18-15(16)14-10-6-3-7-11-14/h2,4-6,8-11H,1,3,7H2. The molecular weight excluding hydrogens is 260 g/mol. The van der Waals surface area contributed by atoms with Gasteiger partial charge in [0, 0.05) is 5.56 Å². The molecule has 0 heterocycles. The summed E-state index contributed by atoms with van der Waals surface area (Å²) >= 11 is 0.634. The van der Waals surface area contributed by atoms with Gasteiger partial charge in [-0.25, -0.2) is 4.79 Å². The van der Waals surface area contributed by atoms with Crippen LogP contribution in [0.15, 0.2) is 60.7 Å². The van der Waals surface area contributed by atoms with Gasteiger partial charge in [0.05, 0.1) is 5.57 Å². The number of carbonyl (C=O) groups excluding carboxylic acids is 1. The van der Waals surface area contributed by atoms with Crippen molar-refractivity contribution >= 4 is 24.1 Å². The number of hydrogen-bond acceptors (Lipinski definition) is 4. The first-order valence-electron chi connectivity index (χ1n) is 5.94. The normalized spacial score (nSPS) is 13.6. The largest absolute Gasteiger partial charge is 0.391 e. The van der Waals surface area contributed by atoms with Gasteiger partial charge < -0.3 is 8.37 Å². The summed E-state index contributed by atoms with van der Waals surface area (Å²) in [5, 5.41) is 0. The fourth-order valence-electron chi connectivity index (χ4n) is 1.57. The number of hydrogen-bond donors (Lipinski definition) is 0.